The Hall–Kier alpha value is -0.900. The number of hydrogen-bond donors (Lipinski definition) is 1. The number of aromatic nitrogens is 3. The monoisotopic (exact) mass is 194 g/mol. The third-order valence-corrected chi connectivity index (χ3v) is 3.25. The van der Waals surface area contributed by atoms with Gasteiger partial charge >= 0.3 is 0 Å². The van der Waals surface area contributed by atoms with Gasteiger partial charge in [0.2, 0.25) is 0 Å². The molecule has 1 heterocycles. The van der Waals surface area contributed by atoms with Gasteiger partial charge in [-0.2, -0.15) is 0 Å². The summed E-state index contributed by atoms with van der Waals surface area (Å²) in [6.07, 6.45) is 7.27. The highest BCUT2D eigenvalue weighted by Gasteiger charge is 2.23. The molecule has 0 bridgehead atoms. The Balaban J connectivity index is 2.01. The molecule has 0 spiro atoms. The molecule has 1 aliphatic rings. The second-order valence-corrected chi connectivity index (χ2v) is 4.16. The van der Waals surface area contributed by atoms with Crippen molar-refractivity contribution in [3.8, 4) is 0 Å². The summed E-state index contributed by atoms with van der Waals surface area (Å²) in [6.45, 7) is 0. The van der Waals surface area contributed by atoms with E-state index in [1.54, 1.807) is 0 Å². The minimum atomic E-state index is 0.417. The van der Waals surface area contributed by atoms with Crippen LogP contribution < -0.4 is 5.32 Å². The molecule has 0 aliphatic heterocycles. The van der Waals surface area contributed by atoms with Crippen LogP contribution >= 0.6 is 0 Å². The van der Waals surface area contributed by atoms with Crippen LogP contribution in [0.1, 0.15) is 37.4 Å². The van der Waals surface area contributed by atoms with Crippen molar-refractivity contribution in [3.05, 3.63) is 11.9 Å². The zero-order valence-electron chi connectivity index (χ0n) is 8.90. The van der Waals surface area contributed by atoms with Crippen molar-refractivity contribution >= 4 is 0 Å². The summed E-state index contributed by atoms with van der Waals surface area (Å²) in [4.78, 5) is 0. The van der Waals surface area contributed by atoms with Gasteiger partial charge in [0.15, 0.2) is 0 Å². The molecule has 0 saturated heterocycles. The van der Waals surface area contributed by atoms with Gasteiger partial charge in [0.05, 0.1) is 17.9 Å². The molecule has 0 amide bonds. The molecule has 14 heavy (non-hydrogen) atoms. The Morgan fingerprint density at radius 2 is 2.43 bits per heavy atom. The molecule has 1 unspecified atom stereocenters. The van der Waals surface area contributed by atoms with Gasteiger partial charge in [-0.1, -0.05) is 24.5 Å². The van der Waals surface area contributed by atoms with E-state index in [9.17, 15) is 0 Å². The Morgan fingerprint density at radius 1 is 1.64 bits per heavy atom. The highest BCUT2D eigenvalue weighted by atomic mass is 15.4. The molecular weight excluding hydrogens is 176 g/mol. The fourth-order valence-corrected chi connectivity index (χ4v) is 2.06. The summed E-state index contributed by atoms with van der Waals surface area (Å²) in [7, 11) is 3.96. The summed E-state index contributed by atoms with van der Waals surface area (Å²) in [5.41, 5.74) is 1.19. The summed E-state index contributed by atoms with van der Waals surface area (Å²) in [6, 6.07) is 0.417. The maximum absolute atomic E-state index is 3.96. The summed E-state index contributed by atoms with van der Waals surface area (Å²) < 4.78 is 1.86. The Bertz CT molecular complexity index is 290. The van der Waals surface area contributed by atoms with E-state index in [-0.39, 0.29) is 0 Å². The predicted octanol–water partition coefficient (Wildman–Crippen LogP) is 1.27. The van der Waals surface area contributed by atoms with E-state index >= 15 is 0 Å². The Labute approximate surface area is 84.7 Å². The molecule has 2 rings (SSSR count). The number of hydrogen-bond acceptors (Lipinski definition) is 3. The fourth-order valence-electron chi connectivity index (χ4n) is 2.06. The lowest BCUT2D eigenvalue weighted by molar-refractivity contribution is 0.261. The van der Waals surface area contributed by atoms with Gasteiger partial charge in [0, 0.05) is 7.05 Å². The van der Waals surface area contributed by atoms with Gasteiger partial charge in [-0.25, -0.2) is 0 Å². The molecule has 1 atom stereocenters. The largest absolute Gasteiger partial charge is 0.312 e. The van der Waals surface area contributed by atoms with Gasteiger partial charge < -0.3 is 5.32 Å². The molecule has 78 valence electrons. The molecule has 1 aromatic rings. The molecule has 0 radical (unpaired) electrons. The average molecular weight is 194 g/mol. The average Bonchev–Trinajstić information content (AvgIpc) is 2.51. The zero-order chi connectivity index (χ0) is 9.97. The van der Waals surface area contributed by atoms with Gasteiger partial charge in [-0.15, -0.1) is 5.10 Å². The molecule has 1 aromatic heterocycles. The van der Waals surface area contributed by atoms with Crippen LogP contribution in [0.5, 0.6) is 0 Å². The molecule has 1 N–H and O–H groups in total. The Kier molecular flexibility index (Phi) is 2.82. The molecule has 1 fully saturated rings. The van der Waals surface area contributed by atoms with Crippen LogP contribution in [0.3, 0.4) is 0 Å². The van der Waals surface area contributed by atoms with Crippen LogP contribution in [0.2, 0.25) is 0 Å². The van der Waals surface area contributed by atoms with Gasteiger partial charge in [-0.3, -0.25) is 4.68 Å². The molecule has 1 saturated carbocycles. The minimum Gasteiger partial charge on any atom is -0.312 e. The van der Waals surface area contributed by atoms with E-state index in [0.29, 0.717) is 6.04 Å². The van der Waals surface area contributed by atoms with Crippen molar-refractivity contribution < 1.29 is 0 Å². The lowest BCUT2D eigenvalue weighted by Gasteiger charge is -2.29. The maximum atomic E-state index is 3.96. The zero-order valence-corrected chi connectivity index (χ0v) is 8.90. The first-order chi connectivity index (χ1) is 6.81. The lowest BCUT2D eigenvalue weighted by Crippen LogP contribution is -2.24. The van der Waals surface area contributed by atoms with Crippen molar-refractivity contribution in [3.63, 3.8) is 0 Å². The topological polar surface area (TPSA) is 42.7 Å². The van der Waals surface area contributed by atoms with E-state index in [1.165, 1.54) is 31.4 Å². The van der Waals surface area contributed by atoms with Gasteiger partial charge in [0.1, 0.15) is 0 Å². The second-order valence-electron chi connectivity index (χ2n) is 4.16. The Morgan fingerprint density at radius 3 is 2.86 bits per heavy atom. The first kappa shape index (κ1) is 9.65. The normalized spacial score (nSPS) is 19.3. The van der Waals surface area contributed by atoms with E-state index in [1.807, 2.05) is 25.0 Å². The van der Waals surface area contributed by atoms with Crippen LogP contribution in [0.15, 0.2) is 6.20 Å². The van der Waals surface area contributed by atoms with Crippen LogP contribution in [-0.4, -0.2) is 22.0 Å². The first-order valence-electron chi connectivity index (χ1n) is 5.33. The lowest BCUT2D eigenvalue weighted by atomic mass is 9.80. The third-order valence-electron chi connectivity index (χ3n) is 3.25. The van der Waals surface area contributed by atoms with E-state index < -0.39 is 0 Å². The van der Waals surface area contributed by atoms with E-state index in [4.69, 9.17) is 0 Å². The van der Waals surface area contributed by atoms with E-state index in [2.05, 4.69) is 15.6 Å². The molecule has 1 aliphatic carbocycles. The van der Waals surface area contributed by atoms with Crippen molar-refractivity contribution in [1.82, 2.24) is 20.3 Å². The van der Waals surface area contributed by atoms with Crippen molar-refractivity contribution in [1.29, 1.82) is 0 Å². The highest BCUT2D eigenvalue weighted by Crippen LogP contribution is 2.34. The summed E-state index contributed by atoms with van der Waals surface area (Å²) >= 11 is 0. The number of nitrogens with one attached hydrogen (secondary N) is 1. The van der Waals surface area contributed by atoms with Crippen LogP contribution in [-0.2, 0) is 7.05 Å². The standard InChI is InChI=1S/C10H18N4/c1-11-9(6-8-4-3-5-8)10-7-12-13-14(10)2/h7-9,11H,3-6H2,1-2H3. The molecule has 0 aromatic carbocycles. The molecule has 4 heteroatoms. The molecular formula is C10H18N4. The van der Waals surface area contributed by atoms with Crippen molar-refractivity contribution in [2.45, 2.75) is 31.7 Å². The van der Waals surface area contributed by atoms with Crippen molar-refractivity contribution in [2.75, 3.05) is 7.05 Å². The summed E-state index contributed by atoms with van der Waals surface area (Å²) in [5, 5.41) is 11.2. The van der Waals surface area contributed by atoms with Gasteiger partial charge in [0.25, 0.3) is 0 Å². The smallest absolute Gasteiger partial charge is 0.0753 e. The predicted molar refractivity (Wildman–Crippen MR) is 54.8 cm³/mol. The van der Waals surface area contributed by atoms with Crippen LogP contribution in [0.25, 0.3) is 0 Å². The fraction of sp³-hybridized carbons (Fsp3) is 0.800. The van der Waals surface area contributed by atoms with Crippen molar-refractivity contribution in [2.24, 2.45) is 13.0 Å². The minimum absolute atomic E-state index is 0.417. The quantitative estimate of drug-likeness (QED) is 0.784. The number of nitrogens with zero attached hydrogens (tertiary/aromatic N) is 3. The van der Waals surface area contributed by atoms with Crippen LogP contribution in [0, 0.1) is 5.92 Å². The SMILES string of the molecule is CNC(CC1CCC1)c1cnnn1C. The second kappa shape index (κ2) is 4.09. The number of aryl methyl sites for hydroxylation is 1. The number of rotatable bonds is 4. The first-order valence-corrected chi connectivity index (χ1v) is 5.33. The highest BCUT2D eigenvalue weighted by molar-refractivity contribution is 5.02. The van der Waals surface area contributed by atoms with Gasteiger partial charge in [-0.05, 0) is 19.4 Å². The third kappa shape index (κ3) is 1.80. The van der Waals surface area contributed by atoms with Crippen LogP contribution in [0.4, 0.5) is 0 Å². The molecule has 4 nitrogen and oxygen atoms in total. The van der Waals surface area contributed by atoms with E-state index in [0.717, 1.165) is 5.92 Å². The maximum Gasteiger partial charge on any atom is 0.0753 e. The summed E-state index contributed by atoms with van der Waals surface area (Å²) in [5.74, 6) is 0.905.